The van der Waals surface area contributed by atoms with Crippen LogP contribution < -0.4 is 4.74 Å². The number of halogens is 1. The third-order valence-electron chi connectivity index (χ3n) is 2.17. The quantitative estimate of drug-likeness (QED) is 0.363. The van der Waals surface area contributed by atoms with Gasteiger partial charge in [0.05, 0.1) is 18.7 Å². The lowest BCUT2D eigenvalue weighted by Crippen LogP contribution is -2.03. The van der Waals surface area contributed by atoms with Gasteiger partial charge >= 0.3 is 5.97 Å². The molecule has 0 aliphatic rings. The lowest BCUT2D eigenvalue weighted by atomic mass is 10.2. The molecule has 1 rings (SSSR count). The molecule has 0 aliphatic carbocycles. The monoisotopic (exact) mass is 312 g/mol. The summed E-state index contributed by atoms with van der Waals surface area (Å²) >= 11 is 3.27. The molecule has 0 fully saturated rings. The van der Waals surface area contributed by atoms with Gasteiger partial charge in [-0.25, -0.2) is 4.79 Å². The first kappa shape index (κ1) is 14.4. The SMILES string of the molecule is CC/C(=C\C(=O)OC)Oc1ccc(Br)cc1C=O. The summed E-state index contributed by atoms with van der Waals surface area (Å²) in [6, 6.07) is 5.07. The summed E-state index contributed by atoms with van der Waals surface area (Å²) in [5, 5.41) is 0. The third kappa shape index (κ3) is 4.00. The Hall–Kier alpha value is -1.62. The van der Waals surface area contributed by atoms with Crippen LogP contribution in [0.4, 0.5) is 0 Å². The first-order valence-electron chi connectivity index (χ1n) is 5.31. The number of rotatable bonds is 5. The average molecular weight is 313 g/mol. The molecule has 0 atom stereocenters. The van der Waals surface area contributed by atoms with Gasteiger partial charge in [-0.1, -0.05) is 22.9 Å². The Labute approximate surface area is 114 Å². The second-order valence-corrected chi connectivity index (χ2v) is 4.31. The molecule has 4 nitrogen and oxygen atoms in total. The molecule has 96 valence electrons. The van der Waals surface area contributed by atoms with Crippen molar-refractivity contribution in [2.75, 3.05) is 7.11 Å². The van der Waals surface area contributed by atoms with E-state index in [4.69, 9.17) is 4.74 Å². The summed E-state index contributed by atoms with van der Waals surface area (Å²) in [6.45, 7) is 1.84. The van der Waals surface area contributed by atoms with Gasteiger partial charge in [-0.05, 0) is 18.2 Å². The Morgan fingerprint density at radius 2 is 2.17 bits per heavy atom. The van der Waals surface area contributed by atoms with Crippen LogP contribution in [0.3, 0.4) is 0 Å². The van der Waals surface area contributed by atoms with Crippen molar-refractivity contribution < 1.29 is 19.1 Å². The van der Waals surface area contributed by atoms with Crippen molar-refractivity contribution in [3.8, 4) is 5.75 Å². The normalized spacial score (nSPS) is 10.9. The van der Waals surface area contributed by atoms with E-state index in [0.717, 1.165) is 4.47 Å². The topological polar surface area (TPSA) is 52.6 Å². The van der Waals surface area contributed by atoms with Gasteiger partial charge in [-0.15, -0.1) is 0 Å². The van der Waals surface area contributed by atoms with Crippen LogP contribution in [0.5, 0.6) is 5.75 Å². The maximum atomic E-state index is 11.1. The lowest BCUT2D eigenvalue weighted by molar-refractivity contribution is -0.135. The van der Waals surface area contributed by atoms with Gasteiger partial charge in [0.1, 0.15) is 11.5 Å². The molecule has 0 amide bonds. The summed E-state index contributed by atoms with van der Waals surface area (Å²) in [7, 11) is 1.29. The first-order valence-corrected chi connectivity index (χ1v) is 6.11. The van der Waals surface area contributed by atoms with Crippen LogP contribution in [0.2, 0.25) is 0 Å². The molecule has 0 spiro atoms. The summed E-state index contributed by atoms with van der Waals surface area (Å²) in [6.07, 6.45) is 2.48. The number of ether oxygens (including phenoxy) is 2. The molecule has 0 aromatic heterocycles. The van der Waals surface area contributed by atoms with Crippen LogP contribution in [0.1, 0.15) is 23.7 Å². The second kappa shape index (κ2) is 6.96. The van der Waals surface area contributed by atoms with Gasteiger partial charge in [0, 0.05) is 10.9 Å². The van der Waals surface area contributed by atoms with E-state index in [1.807, 2.05) is 6.92 Å². The summed E-state index contributed by atoms with van der Waals surface area (Å²) in [4.78, 5) is 22.0. The van der Waals surface area contributed by atoms with E-state index in [1.54, 1.807) is 18.2 Å². The molecule has 18 heavy (non-hydrogen) atoms. The summed E-state index contributed by atoms with van der Waals surface area (Å²) in [5.74, 6) is 0.356. The van der Waals surface area contributed by atoms with Crippen molar-refractivity contribution in [1.29, 1.82) is 0 Å². The van der Waals surface area contributed by atoms with E-state index in [9.17, 15) is 9.59 Å². The maximum Gasteiger partial charge on any atom is 0.333 e. The number of carbonyl (C=O) groups is 2. The van der Waals surface area contributed by atoms with E-state index in [-0.39, 0.29) is 0 Å². The van der Waals surface area contributed by atoms with Crippen molar-refractivity contribution in [3.63, 3.8) is 0 Å². The van der Waals surface area contributed by atoms with Crippen LogP contribution in [0.25, 0.3) is 0 Å². The Bertz CT molecular complexity index is 480. The minimum atomic E-state index is -0.489. The Kier molecular flexibility index (Phi) is 5.58. The molecule has 0 heterocycles. The zero-order valence-electron chi connectivity index (χ0n) is 10.1. The average Bonchev–Trinajstić information content (AvgIpc) is 2.39. The highest BCUT2D eigenvalue weighted by atomic mass is 79.9. The van der Waals surface area contributed by atoms with Gasteiger partial charge in [-0.2, -0.15) is 0 Å². The number of methoxy groups -OCH3 is 1. The summed E-state index contributed by atoms with van der Waals surface area (Å²) in [5.41, 5.74) is 0.411. The number of hydrogen-bond donors (Lipinski definition) is 0. The Balaban J connectivity index is 2.98. The van der Waals surface area contributed by atoms with Gasteiger partial charge in [-0.3, -0.25) is 4.79 Å². The third-order valence-corrected chi connectivity index (χ3v) is 2.66. The van der Waals surface area contributed by atoms with Gasteiger partial charge < -0.3 is 9.47 Å². The van der Waals surface area contributed by atoms with Crippen molar-refractivity contribution in [3.05, 3.63) is 40.1 Å². The highest BCUT2D eigenvalue weighted by molar-refractivity contribution is 9.10. The number of aldehydes is 1. The zero-order chi connectivity index (χ0) is 13.5. The molecule has 0 bridgehead atoms. The van der Waals surface area contributed by atoms with Gasteiger partial charge in [0.25, 0.3) is 0 Å². The fraction of sp³-hybridized carbons (Fsp3) is 0.231. The van der Waals surface area contributed by atoms with E-state index >= 15 is 0 Å². The number of allylic oxidation sites excluding steroid dienone is 1. The van der Waals surface area contributed by atoms with E-state index < -0.39 is 5.97 Å². The van der Waals surface area contributed by atoms with Crippen LogP contribution in [0, 0.1) is 0 Å². The molecular formula is C13H13BrO4. The molecule has 0 saturated carbocycles. The fourth-order valence-corrected chi connectivity index (χ4v) is 1.62. The number of esters is 1. The van der Waals surface area contributed by atoms with E-state index in [2.05, 4.69) is 20.7 Å². The number of benzene rings is 1. The largest absolute Gasteiger partial charge is 0.466 e. The van der Waals surface area contributed by atoms with Gasteiger partial charge in [0.15, 0.2) is 6.29 Å². The van der Waals surface area contributed by atoms with Crippen LogP contribution in [-0.2, 0) is 9.53 Å². The van der Waals surface area contributed by atoms with Crippen LogP contribution >= 0.6 is 15.9 Å². The van der Waals surface area contributed by atoms with Crippen LogP contribution in [-0.4, -0.2) is 19.4 Å². The van der Waals surface area contributed by atoms with Crippen molar-refractivity contribution in [2.24, 2.45) is 0 Å². The molecule has 0 saturated heterocycles. The van der Waals surface area contributed by atoms with E-state index in [1.165, 1.54) is 13.2 Å². The molecule has 0 aliphatic heterocycles. The van der Waals surface area contributed by atoms with Crippen molar-refractivity contribution in [1.82, 2.24) is 0 Å². The smallest absolute Gasteiger partial charge is 0.333 e. The van der Waals surface area contributed by atoms with E-state index in [0.29, 0.717) is 29.8 Å². The minimum Gasteiger partial charge on any atom is -0.466 e. The maximum absolute atomic E-state index is 11.1. The van der Waals surface area contributed by atoms with Gasteiger partial charge in [0.2, 0.25) is 0 Å². The van der Waals surface area contributed by atoms with Crippen molar-refractivity contribution in [2.45, 2.75) is 13.3 Å². The second-order valence-electron chi connectivity index (χ2n) is 3.39. The fourth-order valence-electron chi connectivity index (χ4n) is 1.24. The standard InChI is InChI=1S/C13H13BrO4/c1-3-11(7-13(16)17-2)18-12-5-4-10(14)6-9(12)8-15/h4-8H,3H2,1-2H3/b11-7+. The number of carbonyl (C=O) groups excluding carboxylic acids is 2. The zero-order valence-corrected chi connectivity index (χ0v) is 11.7. The molecule has 0 unspecified atom stereocenters. The molecule has 0 radical (unpaired) electrons. The molecule has 1 aromatic rings. The minimum absolute atomic E-state index is 0.408. The van der Waals surface area contributed by atoms with Crippen molar-refractivity contribution >= 4 is 28.2 Å². The molecule has 0 N–H and O–H groups in total. The highest BCUT2D eigenvalue weighted by Crippen LogP contribution is 2.24. The Morgan fingerprint density at radius 3 is 2.72 bits per heavy atom. The Morgan fingerprint density at radius 1 is 1.44 bits per heavy atom. The summed E-state index contributed by atoms with van der Waals surface area (Å²) < 4.78 is 10.8. The van der Waals surface area contributed by atoms with Crippen LogP contribution in [0.15, 0.2) is 34.5 Å². The predicted octanol–water partition coefficient (Wildman–Crippen LogP) is 3.11. The predicted molar refractivity (Wildman–Crippen MR) is 70.5 cm³/mol. The number of hydrogen-bond acceptors (Lipinski definition) is 4. The highest BCUT2D eigenvalue weighted by Gasteiger charge is 2.07. The molecule has 5 heteroatoms. The lowest BCUT2D eigenvalue weighted by Gasteiger charge is -2.10. The molecule has 1 aromatic carbocycles. The first-order chi connectivity index (χ1) is 8.60. The molecular weight excluding hydrogens is 300 g/mol.